The summed E-state index contributed by atoms with van der Waals surface area (Å²) in [5.41, 5.74) is 0.949. The summed E-state index contributed by atoms with van der Waals surface area (Å²) in [4.78, 5) is 12.5. The number of aromatic nitrogens is 1. The van der Waals surface area contributed by atoms with E-state index in [0.29, 0.717) is 19.4 Å². The van der Waals surface area contributed by atoms with Crippen molar-refractivity contribution in [1.82, 2.24) is 9.88 Å². The van der Waals surface area contributed by atoms with Crippen molar-refractivity contribution >= 4 is 15.9 Å². The summed E-state index contributed by atoms with van der Waals surface area (Å²) in [7, 11) is -3.79. The Kier molecular flexibility index (Phi) is 3.38. The number of carbonyl (C=O) groups excluding carboxylic acids is 1. The number of para-hydroxylation sites is 1. The van der Waals surface area contributed by atoms with Gasteiger partial charge in [-0.25, -0.2) is 8.42 Å². The lowest BCUT2D eigenvalue weighted by molar-refractivity contribution is -0.121. The fraction of sp³-hybridized carbons (Fsp3) is 0.375. The van der Waals surface area contributed by atoms with E-state index in [9.17, 15) is 13.2 Å². The van der Waals surface area contributed by atoms with Crippen molar-refractivity contribution in [2.24, 2.45) is 5.92 Å². The molecule has 0 bridgehead atoms. The molecule has 8 heteroatoms. The van der Waals surface area contributed by atoms with Crippen LogP contribution in [0.15, 0.2) is 41.1 Å². The zero-order valence-corrected chi connectivity index (χ0v) is 13.6. The van der Waals surface area contributed by atoms with E-state index in [1.807, 2.05) is 24.3 Å². The highest BCUT2D eigenvalue weighted by Gasteiger charge is 2.61. The fourth-order valence-corrected chi connectivity index (χ4v) is 4.53. The van der Waals surface area contributed by atoms with Crippen molar-refractivity contribution in [2.75, 3.05) is 6.61 Å². The van der Waals surface area contributed by atoms with E-state index in [0.717, 1.165) is 11.3 Å². The number of hydrogen-bond acceptors (Lipinski definition) is 6. The Morgan fingerprint density at radius 3 is 2.96 bits per heavy atom. The average molecular weight is 348 g/mol. The molecular weight excluding hydrogens is 332 g/mol. The summed E-state index contributed by atoms with van der Waals surface area (Å²) in [6.07, 6.45) is 2.64. The molecule has 2 aromatic rings. The van der Waals surface area contributed by atoms with Crippen LogP contribution in [-0.2, 0) is 26.0 Å². The van der Waals surface area contributed by atoms with Crippen molar-refractivity contribution in [3.05, 3.63) is 47.9 Å². The summed E-state index contributed by atoms with van der Waals surface area (Å²) in [5.74, 6) is -0.413. The summed E-state index contributed by atoms with van der Waals surface area (Å²) in [6, 6.07) is 9.08. The number of nitrogens with zero attached hydrogens (tertiary/aromatic N) is 1. The van der Waals surface area contributed by atoms with E-state index in [2.05, 4.69) is 14.4 Å². The van der Waals surface area contributed by atoms with Crippen LogP contribution >= 0.6 is 0 Å². The lowest BCUT2D eigenvalue weighted by Gasteiger charge is -2.26. The third kappa shape index (κ3) is 2.56. The van der Waals surface area contributed by atoms with Crippen LogP contribution in [-0.4, -0.2) is 26.1 Å². The van der Waals surface area contributed by atoms with Crippen molar-refractivity contribution in [2.45, 2.75) is 24.0 Å². The normalized spacial score (nSPS) is 24.9. The van der Waals surface area contributed by atoms with Crippen LogP contribution in [0.3, 0.4) is 0 Å². The zero-order chi connectivity index (χ0) is 16.8. The first-order chi connectivity index (χ1) is 11.5. The minimum Gasteiger partial charge on any atom is -0.493 e. The largest absolute Gasteiger partial charge is 0.493 e. The van der Waals surface area contributed by atoms with Crippen LogP contribution in [0.2, 0.25) is 0 Å². The van der Waals surface area contributed by atoms with Gasteiger partial charge in [0.25, 0.3) is 0 Å². The number of hydrogen-bond donors (Lipinski definition) is 1. The number of sulfonamides is 1. The average Bonchev–Trinajstić information content (AvgIpc) is 3.03. The highest BCUT2D eigenvalue weighted by atomic mass is 32.2. The topological polar surface area (TPSA) is 98.5 Å². The number of fused-ring (bicyclic) bond motifs is 2. The molecule has 1 N–H and O–H groups in total. The molecule has 2 atom stereocenters. The van der Waals surface area contributed by atoms with E-state index < -0.39 is 15.9 Å². The van der Waals surface area contributed by atoms with Gasteiger partial charge >= 0.3 is 0 Å². The van der Waals surface area contributed by atoms with Gasteiger partial charge in [-0.15, -0.1) is 0 Å². The van der Waals surface area contributed by atoms with Gasteiger partial charge in [-0.2, -0.15) is 0 Å². The van der Waals surface area contributed by atoms with Crippen LogP contribution < -0.4 is 9.46 Å². The second kappa shape index (κ2) is 5.34. The van der Waals surface area contributed by atoms with E-state index in [1.54, 1.807) is 0 Å². The van der Waals surface area contributed by atoms with Crippen LogP contribution in [0.5, 0.6) is 5.75 Å². The Labute approximate surface area is 139 Å². The van der Waals surface area contributed by atoms with Gasteiger partial charge in [0.1, 0.15) is 23.5 Å². The number of ether oxygens (including phenoxy) is 1. The van der Waals surface area contributed by atoms with Crippen molar-refractivity contribution < 1.29 is 22.5 Å². The number of amides is 1. The third-order valence-corrected chi connectivity index (χ3v) is 5.89. The van der Waals surface area contributed by atoms with Crippen LogP contribution in [0.1, 0.15) is 24.1 Å². The first-order valence-corrected chi connectivity index (χ1v) is 9.31. The maximum atomic E-state index is 12.5. The van der Waals surface area contributed by atoms with Crippen molar-refractivity contribution in [1.29, 1.82) is 0 Å². The summed E-state index contributed by atoms with van der Waals surface area (Å²) in [6.45, 7) is 0.534. The van der Waals surface area contributed by atoms with Crippen LogP contribution in [0, 0.1) is 5.92 Å². The second-order valence-corrected chi connectivity index (χ2v) is 7.95. The summed E-state index contributed by atoms with van der Waals surface area (Å²) in [5, 5.41) is 3.56. The van der Waals surface area contributed by atoms with Crippen molar-refractivity contribution in [3.63, 3.8) is 0 Å². The van der Waals surface area contributed by atoms with Gasteiger partial charge < -0.3 is 9.26 Å². The highest BCUT2D eigenvalue weighted by Crippen LogP contribution is 2.60. The van der Waals surface area contributed by atoms with Gasteiger partial charge in [0.05, 0.1) is 6.61 Å². The quantitative estimate of drug-likeness (QED) is 0.896. The molecule has 1 aromatic heterocycles. The molecule has 4 rings (SSSR count). The molecule has 1 aliphatic carbocycles. The fourth-order valence-electron chi connectivity index (χ4n) is 3.47. The smallest absolute Gasteiger partial charge is 0.240 e. The number of benzene rings is 1. The van der Waals surface area contributed by atoms with Gasteiger partial charge in [-0.3, -0.25) is 9.52 Å². The monoisotopic (exact) mass is 348 g/mol. The van der Waals surface area contributed by atoms with Crippen LogP contribution in [0.4, 0.5) is 0 Å². The molecule has 1 aliphatic heterocycles. The van der Waals surface area contributed by atoms with Crippen LogP contribution in [0.25, 0.3) is 0 Å². The predicted octanol–water partition coefficient (Wildman–Crippen LogP) is 1.36. The second-order valence-electron chi connectivity index (χ2n) is 6.22. The molecule has 1 spiro atoms. The third-order valence-electron chi connectivity index (χ3n) is 4.71. The highest BCUT2D eigenvalue weighted by molar-refractivity contribution is 7.89. The van der Waals surface area contributed by atoms with Gasteiger partial charge in [0.2, 0.25) is 15.9 Å². The Balaban J connectivity index is 1.50. The maximum absolute atomic E-state index is 12.5. The molecule has 0 saturated heterocycles. The number of carbonyl (C=O) groups is 1. The van der Waals surface area contributed by atoms with E-state index >= 15 is 0 Å². The molecule has 24 heavy (non-hydrogen) atoms. The van der Waals surface area contributed by atoms with Gasteiger partial charge in [-0.05, 0) is 18.9 Å². The standard InChI is InChI=1S/C16H16N2O5S/c19-15(18-24(20,21)10-11-5-7-23-17-11)13-9-16(13)6-8-22-14-4-2-1-3-12(14)16/h1-5,7,13H,6,8-10H2,(H,18,19). The lowest BCUT2D eigenvalue weighted by atomic mass is 9.87. The minimum absolute atomic E-state index is 0.261. The molecule has 1 aromatic carbocycles. The molecule has 126 valence electrons. The number of nitrogens with one attached hydrogen (secondary N) is 1. The van der Waals surface area contributed by atoms with E-state index in [1.165, 1.54) is 12.3 Å². The molecule has 2 unspecified atom stereocenters. The SMILES string of the molecule is O=C(NS(=O)(=O)Cc1ccon1)C1CC12CCOc1ccccc12. The Hall–Kier alpha value is -2.35. The first kappa shape index (κ1) is 15.2. The maximum Gasteiger partial charge on any atom is 0.240 e. The van der Waals surface area contributed by atoms with Gasteiger partial charge in [0, 0.05) is 23.0 Å². The van der Waals surface area contributed by atoms with E-state index in [4.69, 9.17) is 4.74 Å². The minimum atomic E-state index is -3.79. The number of rotatable bonds is 4. The molecule has 7 nitrogen and oxygen atoms in total. The van der Waals surface area contributed by atoms with Crippen molar-refractivity contribution in [3.8, 4) is 5.75 Å². The van der Waals surface area contributed by atoms with Gasteiger partial charge in [-0.1, -0.05) is 23.4 Å². The first-order valence-electron chi connectivity index (χ1n) is 7.66. The van der Waals surface area contributed by atoms with Gasteiger partial charge in [0.15, 0.2) is 0 Å². The molecular formula is C16H16N2O5S. The lowest BCUT2D eigenvalue weighted by Crippen LogP contribution is -2.35. The van der Waals surface area contributed by atoms with E-state index in [-0.39, 0.29) is 22.8 Å². The molecule has 0 radical (unpaired) electrons. The summed E-state index contributed by atoms with van der Waals surface area (Å²) >= 11 is 0. The molecule has 1 saturated carbocycles. The summed E-state index contributed by atoms with van der Waals surface area (Å²) < 4.78 is 36.7. The Morgan fingerprint density at radius 1 is 1.33 bits per heavy atom. The zero-order valence-electron chi connectivity index (χ0n) is 12.8. The Morgan fingerprint density at radius 2 is 2.17 bits per heavy atom. The molecule has 1 amide bonds. The molecule has 2 aliphatic rings. The molecule has 1 fully saturated rings. The Bertz CT molecular complexity index is 878. The predicted molar refractivity (Wildman–Crippen MR) is 83.6 cm³/mol. The molecule has 2 heterocycles.